The minimum Gasteiger partial charge on any atom is -0.481 e. The van der Waals surface area contributed by atoms with Gasteiger partial charge in [-0.05, 0) is 36.8 Å². The Hall–Kier alpha value is -2.14. The second kappa shape index (κ2) is 11.6. The third-order valence-electron chi connectivity index (χ3n) is 5.26. The summed E-state index contributed by atoms with van der Waals surface area (Å²) in [5.74, 6) is -0.585. The number of hydrogen-bond acceptors (Lipinski definition) is 3. The van der Waals surface area contributed by atoms with Crippen LogP contribution in [0.3, 0.4) is 0 Å². The lowest BCUT2D eigenvalue weighted by Gasteiger charge is -2.22. The monoisotopic (exact) mass is 387 g/mol. The van der Waals surface area contributed by atoms with Gasteiger partial charge < -0.3 is 15.1 Å². The number of aliphatic hydroxyl groups excluding tert-OH is 1. The molecule has 0 aliphatic carbocycles. The van der Waals surface area contributed by atoms with Gasteiger partial charge in [0.2, 0.25) is 5.91 Å². The molecule has 0 radical (unpaired) electrons. The molecule has 1 aliphatic heterocycles. The molecule has 1 heterocycles. The summed E-state index contributed by atoms with van der Waals surface area (Å²) in [6.07, 6.45) is 10.1. The van der Waals surface area contributed by atoms with E-state index in [1.54, 1.807) is 6.08 Å². The first-order valence-electron chi connectivity index (χ1n) is 10.5. The van der Waals surface area contributed by atoms with Gasteiger partial charge in [-0.2, -0.15) is 0 Å². The topological polar surface area (TPSA) is 77.8 Å². The lowest BCUT2D eigenvalue weighted by atomic mass is 10.0. The molecular formula is C23H33NO4. The molecule has 0 bridgehead atoms. The smallest absolute Gasteiger partial charge is 0.303 e. The molecule has 2 unspecified atom stereocenters. The molecular weight excluding hydrogens is 354 g/mol. The highest BCUT2D eigenvalue weighted by Gasteiger charge is 2.28. The van der Waals surface area contributed by atoms with E-state index in [-0.39, 0.29) is 18.4 Å². The van der Waals surface area contributed by atoms with E-state index in [0.29, 0.717) is 19.4 Å². The van der Waals surface area contributed by atoms with E-state index < -0.39 is 12.1 Å². The fourth-order valence-corrected chi connectivity index (χ4v) is 3.72. The van der Waals surface area contributed by atoms with Crippen molar-refractivity contribution in [3.05, 3.63) is 47.5 Å². The molecule has 154 valence electrons. The van der Waals surface area contributed by atoms with Gasteiger partial charge in [-0.25, -0.2) is 0 Å². The lowest BCUT2D eigenvalue weighted by Crippen LogP contribution is -2.32. The van der Waals surface area contributed by atoms with Crippen LogP contribution in [0.2, 0.25) is 0 Å². The summed E-state index contributed by atoms with van der Waals surface area (Å²) in [6.45, 7) is 2.84. The molecule has 2 atom stereocenters. The van der Waals surface area contributed by atoms with Crippen molar-refractivity contribution in [1.29, 1.82) is 0 Å². The first-order valence-corrected chi connectivity index (χ1v) is 10.5. The van der Waals surface area contributed by atoms with E-state index in [4.69, 9.17) is 5.11 Å². The van der Waals surface area contributed by atoms with E-state index in [1.807, 2.05) is 29.2 Å². The predicted octanol–water partition coefficient (Wildman–Crippen LogP) is 4.25. The molecule has 1 amide bonds. The highest BCUT2D eigenvalue weighted by atomic mass is 16.4. The molecule has 5 heteroatoms. The molecule has 1 aliphatic rings. The van der Waals surface area contributed by atoms with Crippen molar-refractivity contribution < 1.29 is 19.8 Å². The van der Waals surface area contributed by atoms with Crippen LogP contribution in [0.25, 0.3) is 0 Å². The summed E-state index contributed by atoms with van der Waals surface area (Å²) in [5, 5.41) is 19.2. The maximum absolute atomic E-state index is 12.2. The Morgan fingerprint density at radius 1 is 1.29 bits per heavy atom. The van der Waals surface area contributed by atoms with E-state index in [1.165, 1.54) is 5.56 Å². The lowest BCUT2D eigenvalue weighted by molar-refractivity contribution is -0.137. The largest absolute Gasteiger partial charge is 0.481 e. The minimum atomic E-state index is -0.751. The van der Waals surface area contributed by atoms with Crippen molar-refractivity contribution in [2.24, 2.45) is 0 Å². The summed E-state index contributed by atoms with van der Waals surface area (Å²) in [4.78, 5) is 24.6. The molecule has 0 spiro atoms. The Kier molecular flexibility index (Phi) is 9.21. The number of aryl methyl sites for hydroxylation is 1. The number of nitrogens with zero attached hydrogens (tertiary/aromatic N) is 1. The number of unbranched alkanes of at least 4 members (excludes halogenated alkanes) is 3. The summed E-state index contributed by atoms with van der Waals surface area (Å²) in [5.41, 5.74) is 2.12. The van der Waals surface area contributed by atoms with Crippen LogP contribution in [0.5, 0.6) is 0 Å². The van der Waals surface area contributed by atoms with Crippen LogP contribution < -0.4 is 0 Å². The van der Waals surface area contributed by atoms with Gasteiger partial charge in [0.15, 0.2) is 0 Å². The summed E-state index contributed by atoms with van der Waals surface area (Å²) >= 11 is 0. The Labute approximate surface area is 168 Å². The number of carbonyl (C=O) groups is 2. The highest BCUT2D eigenvalue weighted by molar-refractivity contribution is 5.79. The van der Waals surface area contributed by atoms with E-state index in [0.717, 1.165) is 44.1 Å². The number of carbonyl (C=O) groups excluding carboxylic acids is 1. The maximum atomic E-state index is 12.2. The quantitative estimate of drug-likeness (QED) is 0.415. The Morgan fingerprint density at radius 3 is 2.82 bits per heavy atom. The Balaban J connectivity index is 1.84. The van der Waals surface area contributed by atoms with Crippen LogP contribution in [0.4, 0.5) is 0 Å². The third-order valence-corrected chi connectivity index (χ3v) is 5.26. The van der Waals surface area contributed by atoms with Crippen LogP contribution in [0.15, 0.2) is 36.4 Å². The zero-order valence-electron chi connectivity index (χ0n) is 16.8. The number of amides is 1. The van der Waals surface area contributed by atoms with Gasteiger partial charge in [0.25, 0.3) is 0 Å². The molecule has 28 heavy (non-hydrogen) atoms. The summed E-state index contributed by atoms with van der Waals surface area (Å²) in [7, 11) is 0. The SMILES string of the molecule is CCCc1cccc(C(O)C=CC2CCC(=O)N2CCCCCCC(=O)O)c1. The first kappa shape index (κ1) is 22.2. The van der Waals surface area contributed by atoms with Crippen molar-refractivity contribution in [3.63, 3.8) is 0 Å². The van der Waals surface area contributed by atoms with Crippen LogP contribution >= 0.6 is 0 Å². The van der Waals surface area contributed by atoms with Crippen LogP contribution in [0.1, 0.15) is 75.5 Å². The van der Waals surface area contributed by atoms with Crippen molar-refractivity contribution in [3.8, 4) is 0 Å². The number of likely N-dealkylation sites (tertiary alicyclic amines) is 1. The second-order valence-corrected chi connectivity index (χ2v) is 7.58. The van der Waals surface area contributed by atoms with Gasteiger partial charge in [-0.15, -0.1) is 0 Å². The molecule has 1 fully saturated rings. The summed E-state index contributed by atoms with van der Waals surface area (Å²) < 4.78 is 0. The second-order valence-electron chi connectivity index (χ2n) is 7.58. The van der Waals surface area contributed by atoms with E-state index in [9.17, 15) is 14.7 Å². The Morgan fingerprint density at radius 2 is 2.07 bits per heavy atom. The van der Waals surface area contributed by atoms with Gasteiger partial charge in [0.05, 0.1) is 12.1 Å². The molecule has 1 aromatic carbocycles. The number of benzene rings is 1. The van der Waals surface area contributed by atoms with Gasteiger partial charge in [0.1, 0.15) is 0 Å². The molecule has 0 aromatic heterocycles. The molecule has 2 rings (SSSR count). The third kappa shape index (κ3) is 7.12. The van der Waals surface area contributed by atoms with Gasteiger partial charge >= 0.3 is 5.97 Å². The van der Waals surface area contributed by atoms with E-state index in [2.05, 4.69) is 13.0 Å². The number of hydrogen-bond donors (Lipinski definition) is 2. The molecule has 1 aromatic rings. The predicted molar refractivity (Wildman–Crippen MR) is 110 cm³/mol. The van der Waals surface area contributed by atoms with Crippen molar-refractivity contribution in [1.82, 2.24) is 4.90 Å². The van der Waals surface area contributed by atoms with Crippen molar-refractivity contribution >= 4 is 11.9 Å². The fourth-order valence-electron chi connectivity index (χ4n) is 3.72. The van der Waals surface area contributed by atoms with Crippen molar-refractivity contribution in [2.45, 2.75) is 76.9 Å². The Bertz CT molecular complexity index is 670. The summed E-state index contributed by atoms with van der Waals surface area (Å²) in [6, 6.07) is 8.08. The maximum Gasteiger partial charge on any atom is 0.303 e. The van der Waals surface area contributed by atoms with Crippen LogP contribution in [-0.2, 0) is 16.0 Å². The molecule has 1 saturated heterocycles. The van der Waals surface area contributed by atoms with Crippen LogP contribution in [-0.4, -0.2) is 39.6 Å². The highest BCUT2D eigenvalue weighted by Crippen LogP contribution is 2.23. The number of carboxylic acids is 1. The fraction of sp³-hybridized carbons (Fsp3) is 0.565. The number of aliphatic hydroxyl groups is 1. The zero-order valence-corrected chi connectivity index (χ0v) is 16.8. The van der Waals surface area contributed by atoms with Gasteiger partial charge in [-0.1, -0.05) is 62.6 Å². The number of rotatable bonds is 12. The first-order chi connectivity index (χ1) is 13.5. The number of carboxylic acid groups (broad SMARTS) is 1. The molecule has 0 saturated carbocycles. The van der Waals surface area contributed by atoms with Gasteiger partial charge in [0, 0.05) is 19.4 Å². The molecule has 2 N–H and O–H groups in total. The standard InChI is InChI=1S/C23H33NO4/c1-2-8-18-9-7-10-19(17-18)21(25)14-12-20-13-15-22(26)24(20)16-6-4-3-5-11-23(27)28/h7,9-10,12,14,17,20-21,25H,2-6,8,11,13,15-16H2,1H3,(H,27,28). The minimum absolute atomic E-state index is 0.0417. The average Bonchev–Trinajstić information content (AvgIpc) is 3.02. The average molecular weight is 388 g/mol. The zero-order chi connectivity index (χ0) is 20.4. The van der Waals surface area contributed by atoms with E-state index >= 15 is 0 Å². The normalized spacial score (nSPS) is 18.1. The number of aliphatic carboxylic acids is 1. The molecule has 5 nitrogen and oxygen atoms in total. The van der Waals surface area contributed by atoms with Gasteiger partial charge in [-0.3, -0.25) is 9.59 Å². The van der Waals surface area contributed by atoms with Crippen LogP contribution in [0, 0.1) is 0 Å². The van der Waals surface area contributed by atoms with Crippen molar-refractivity contribution in [2.75, 3.05) is 6.54 Å².